The lowest BCUT2D eigenvalue weighted by Crippen LogP contribution is -2.61. The third-order valence-corrected chi connectivity index (χ3v) is 6.33. The van der Waals surface area contributed by atoms with Gasteiger partial charge in [0.15, 0.2) is 5.82 Å². The molecule has 0 bridgehead atoms. The fourth-order valence-electron chi connectivity index (χ4n) is 4.32. The van der Waals surface area contributed by atoms with Crippen molar-refractivity contribution in [3.8, 4) is 17.1 Å². The monoisotopic (exact) mass is 567 g/mol. The Bertz CT molecular complexity index is 1610. The Morgan fingerprint density at radius 3 is 2.44 bits per heavy atom. The molecule has 0 fully saturated rings. The lowest BCUT2D eigenvalue weighted by molar-refractivity contribution is -0.182. The molecule has 2 aromatic carbocycles. The first-order valence-corrected chi connectivity index (χ1v) is 12.1. The first kappa shape index (κ1) is 27.4. The van der Waals surface area contributed by atoms with Gasteiger partial charge in [-0.1, -0.05) is 24.3 Å². The molecule has 210 valence electrons. The lowest BCUT2D eigenvalue weighted by atomic mass is 9.97. The van der Waals surface area contributed by atoms with Gasteiger partial charge in [0.25, 0.3) is 5.91 Å². The third-order valence-electron chi connectivity index (χ3n) is 6.33. The summed E-state index contributed by atoms with van der Waals surface area (Å²) >= 11 is 0. The van der Waals surface area contributed by atoms with Crippen LogP contribution in [0.2, 0.25) is 0 Å². The van der Waals surface area contributed by atoms with Gasteiger partial charge in [0.05, 0.1) is 16.8 Å². The standard InChI is InChI=1S/C28H21F4N5O4/c29-20-8-6-17(7-9-20)15-23(27(26(33)39)40-13-14-41-27)35-25(38)21-5-2-11-34-24(21)37-12-10-22(36-37)18-3-1-4-19(16-18)28(30,31)32/h1-14,16,23H,15H2,(H2,33,39)(H,35,38). The van der Waals surface area contributed by atoms with Crippen molar-refractivity contribution < 1.29 is 36.6 Å². The fraction of sp³-hybridized carbons (Fsp3) is 0.143. The summed E-state index contributed by atoms with van der Waals surface area (Å²) in [7, 11) is 0. The number of nitrogens with zero attached hydrogens (tertiary/aromatic N) is 3. The minimum atomic E-state index is -4.53. The van der Waals surface area contributed by atoms with Crippen molar-refractivity contribution in [1.29, 1.82) is 0 Å². The quantitative estimate of drug-likeness (QED) is 0.309. The second-order valence-electron chi connectivity index (χ2n) is 8.99. The average molecular weight is 567 g/mol. The van der Waals surface area contributed by atoms with Crippen molar-refractivity contribution in [1.82, 2.24) is 20.1 Å². The highest BCUT2D eigenvalue weighted by molar-refractivity contribution is 5.98. The Balaban J connectivity index is 1.46. The second kappa shape index (κ2) is 10.8. The molecule has 2 amide bonds. The number of halogens is 4. The van der Waals surface area contributed by atoms with Gasteiger partial charge in [-0.2, -0.15) is 18.3 Å². The Hall–Kier alpha value is -5.20. The molecule has 0 aliphatic carbocycles. The molecule has 4 aromatic rings. The molecule has 5 rings (SSSR count). The van der Waals surface area contributed by atoms with Crippen molar-refractivity contribution in [3.05, 3.63) is 114 Å². The molecule has 41 heavy (non-hydrogen) atoms. The Kier molecular flexibility index (Phi) is 7.18. The van der Waals surface area contributed by atoms with Crippen molar-refractivity contribution in [2.24, 2.45) is 5.73 Å². The van der Waals surface area contributed by atoms with Crippen LogP contribution < -0.4 is 11.1 Å². The van der Waals surface area contributed by atoms with Crippen molar-refractivity contribution in [2.75, 3.05) is 0 Å². The van der Waals surface area contributed by atoms with Crippen LogP contribution in [0.5, 0.6) is 0 Å². The smallest absolute Gasteiger partial charge is 0.416 e. The zero-order valence-corrected chi connectivity index (χ0v) is 21.0. The van der Waals surface area contributed by atoms with Gasteiger partial charge in [-0.25, -0.2) is 14.1 Å². The topological polar surface area (TPSA) is 121 Å². The highest BCUT2D eigenvalue weighted by Crippen LogP contribution is 2.32. The molecule has 3 heterocycles. The summed E-state index contributed by atoms with van der Waals surface area (Å²) < 4.78 is 65.1. The van der Waals surface area contributed by atoms with Gasteiger partial charge >= 0.3 is 17.9 Å². The number of nitrogens with one attached hydrogen (secondary N) is 1. The van der Waals surface area contributed by atoms with E-state index in [9.17, 15) is 27.2 Å². The van der Waals surface area contributed by atoms with E-state index in [4.69, 9.17) is 15.2 Å². The summed E-state index contributed by atoms with van der Waals surface area (Å²) in [6, 6.07) is 13.3. The van der Waals surface area contributed by atoms with Crippen LogP contribution in [0.4, 0.5) is 17.6 Å². The highest BCUT2D eigenvalue weighted by atomic mass is 19.4. The number of hydrogen-bond donors (Lipinski definition) is 2. The zero-order chi connectivity index (χ0) is 29.2. The molecule has 1 aliphatic rings. The first-order chi connectivity index (χ1) is 19.6. The number of rotatable bonds is 8. The molecular formula is C28H21F4N5O4. The predicted molar refractivity (Wildman–Crippen MR) is 136 cm³/mol. The largest absolute Gasteiger partial charge is 0.447 e. The molecular weight excluding hydrogens is 546 g/mol. The van der Waals surface area contributed by atoms with E-state index in [1.165, 1.54) is 71.7 Å². The summed E-state index contributed by atoms with van der Waals surface area (Å²) in [5.74, 6) is -4.23. The molecule has 0 spiro atoms. The third kappa shape index (κ3) is 5.60. The number of pyridine rings is 1. The molecule has 0 saturated carbocycles. The van der Waals surface area contributed by atoms with E-state index >= 15 is 0 Å². The normalized spacial score (nSPS) is 14.6. The van der Waals surface area contributed by atoms with Crippen LogP contribution in [0, 0.1) is 5.82 Å². The highest BCUT2D eigenvalue weighted by Gasteiger charge is 2.51. The SMILES string of the molecule is NC(=O)C1(C(Cc2ccc(F)cc2)NC(=O)c2cccnc2-n2ccc(-c3cccc(C(F)(F)F)c3)n2)OC=CO1. The fourth-order valence-corrected chi connectivity index (χ4v) is 4.32. The molecule has 0 radical (unpaired) electrons. The minimum Gasteiger partial charge on any atom is -0.447 e. The van der Waals surface area contributed by atoms with Crippen molar-refractivity contribution >= 4 is 11.8 Å². The number of aromatic nitrogens is 3. The van der Waals surface area contributed by atoms with Gasteiger partial charge in [-0.15, -0.1) is 0 Å². The summed E-state index contributed by atoms with van der Waals surface area (Å²) in [6.07, 6.45) is 0.522. The summed E-state index contributed by atoms with van der Waals surface area (Å²) in [4.78, 5) is 30.3. The number of ether oxygens (including phenoxy) is 2. The van der Waals surface area contributed by atoms with E-state index in [0.717, 1.165) is 24.7 Å². The molecule has 3 N–H and O–H groups in total. The molecule has 1 atom stereocenters. The Morgan fingerprint density at radius 2 is 1.76 bits per heavy atom. The summed E-state index contributed by atoms with van der Waals surface area (Å²) in [6.45, 7) is 0. The molecule has 1 aliphatic heterocycles. The van der Waals surface area contributed by atoms with Crippen LogP contribution in [-0.2, 0) is 26.9 Å². The lowest BCUT2D eigenvalue weighted by Gasteiger charge is -2.33. The van der Waals surface area contributed by atoms with Gasteiger partial charge in [-0.3, -0.25) is 9.59 Å². The maximum absolute atomic E-state index is 13.6. The van der Waals surface area contributed by atoms with E-state index in [1.807, 2.05) is 0 Å². The van der Waals surface area contributed by atoms with Crippen LogP contribution in [0.1, 0.15) is 21.5 Å². The van der Waals surface area contributed by atoms with Gasteiger partial charge in [-0.05, 0) is 48.0 Å². The number of carbonyl (C=O) groups is 2. The number of alkyl halides is 3. The molecule has 1 unspecified atom stereocenters. The first-order valence-electron chi connectivity index (χ1n) is 12.1. The van der Waals surface area contributed by atoms with Gasteiger partial charge in [0.2, 0.25) is 0 Å². The van der Waals surface area contributed by atoms with Crippen LogP contribution in [0.25, 0.3) is 17.1 Å². The van der Waals surface area contributed by atoms with Crippen LogP contribution in [-0.4, -0.2) is 38.4 Å². The average Bonchev–Trinajstić information content (AvgIpc) is 3.65. The van der Waals surface area contributed by atoms with Crippen molar-refractivity contribution in [2.45, 2.75) is 24.4 Å². The molecule has 2 aromatic heterocycles. The Morgan fingerprint density at radius 1 is 1.02 bits per heavy atom. The van der Waals surface area contributed by atoms with E-state index < -0.39 is 41.2 Å². The number of amides is 2. The maximum atomic E-state index is 13.6. The molecule has 13 heteroatoms. The number of primary amides is 1. The van der Waals surface area contributed by atoms with E-state index in [2.05, 4.69) is 15.4 Å². The molecule has 0 saturated heterocycles. The minimum absolute atomic E-state index is 0.0147. The van der Waals surface area contributed by atoms with E-state index in [0.29, 0.717) is 5.56 Å². The van der Waals surface area contributed by atoms with E-state index in [-0.39, 0.29) is 29.1 Å². The van der Waals surface area contributed by atoms with Crippen LogP contribution >= 0.6 is 0 Å². The zero-order valence-electron chi connectivity index (χ0n) is 21.0. The Labute approximate surface area is 230 Å². The van der Waals surface area contributed by atoms with Gasteiger partial charge in [0, 0.05) is 24.4 Å². The molecule has 9 nitrogen and oxygen atoms in total. The summed E-state index contributed by atoms with van der Waals surface area (Å²) in [5.41, 5.74) is 5.76. The number of nitrogens with two attached hydrogens (primary N) is 1. The number of benzene rings is 2. The van der Waals surface area contributed by atoms with Crippen LogP contribution in [0.15, 0.2) is 91.6 Å². The number of carbonyl (C=O) groups excluding carboxylic acids is 2. The van der Waals surface area contributed by atoms with Gasteiger partial charge < -0.3 is 20.5 Å². The van der Waals surface area contributed by atoms with Gasteiger partial charge in [0.1, 0.15) is 24.4 Å². The second-order valence-corrected chi connectivity index (χ2v) is 8.99. The van der Waals surface area contributed by atoms with E-state index in [1.54, 1.807) is 0 Å². The number of hydrogen-bond acceptors (Lipinski definition) is 6. The van der Waals surface area contributed by atoms with Crippen molar-refractivity contribution in [3.63, 3.8) is 0 Å². The predicted octanol–water partition coefficient (Wildman–Crippen LogP) is 4.13. The van der Waals surface area contributed by atoms with Crippen LogP contribution in [0.3, 0.4) is 0 Å². The summed E-state index contributed by atoms with van der Waals surface area (Å²) in [5, 5.41) is 7.03. The maximum Gasteiger partial charge on any atom is 0.416 e.